The number of benzene rings is 1. The van der Waals surface area contributed by atoms with Gasteiger partial charge in [-0.25, -0.2) is 9.18 Å². The standard InChI is InChI=1S/C19H22FNO3/c20-15-4-2-1-3-14(15)17(22)21-16(18(23)24)19-8-11-5-12(9-19)7-13(6-11)10-19/h1-4,11-13,16H,5-10H2,(H,21,22)(H,23,24). The van der Waals surface area contributed by atoms with Crippen LogP contribution in [0.15, 0.2) is 24.3 Å². The maximum Gasteiger partial charge on any atom is 0.326 e. The van der Waals surface area contributed by atoms with Gasteiger partial charge in [-0.3, -0.25) is 4.79 Å². The molecular weight excluding hydrogens is 309 g/mol. The highest BCUT2D eigenvalue weighted by molar-refractivity contribution is 5.97. The van der Waals surface area contributed by atoms with Gasteiger partial charge in [0, 0.05) is 5.41 Å². The number of hydrogen-bond donors (Lipinski definition) is 2. The average Bonchev–Trinajstić information content (AvgIpc) is 2.51. The Kier molecular flexibility index (Phi) is 3.62. The molecule has 5 heteroatoms. The van der Waals surface area contributed by atoms with E-state index in [-0.39, 0.29) is 11.0 Å². The molecule has 4 aliphatic carbocycles. The molecule has 0 aromatic heterocycles. The maximum atomic E-state index is 13.8. The van der Waals surface area contributed by atoms with Crippen LogP contribution < -0.4 is 5.32 Å². The number of halogens is 1. The Labute approximate surface area is 140 Å². The molecule has 1 amide bonds. The van der Waals surface area contributed by atoms with Gasteiger partial charge in [-0.2, -0.15) is 0 Å². The molecule has 4 saturated carbocycles. The van der Waals surface area contributed by atoms with Gasteiger partial charge in [0.25, 0.3) is 5.91 Å². The first kappa shape index (κ1) is 15.6. The van der Waals surface area contributed by atoms with Gasteiger partial charge in [0.05, 0.1) is 5.56 Å². The zero-order valence-electron chi connectivity index (χ0n) is 13.5. The van der Waals surface area contributed by atoms with Crippen molar-refractivity contribution in [1.82, 2.24) is 5.32 Å². The van der Waals surface area contributed by atoms with Crippen LogP contribution in [0.5, 0.6) is 0 Å². The first-order chi connectivity index (χ1) is 11.5. The summed E-state index contributed by atoms with van der Waals surface area (Å²) in [7, 11) is 0. The summed E-state index contributed by atoms with van der Waals surface area (Å²) in [5.41, 5.74) is -0.449. The molecule has 4 fully saturated rings. The van der Waals surface area contributed by atoms with Crippen LogP contribution in [0.2, 0.25) is 0 Å². The predicted octanol–water partition coefficient (Wildman–Crippen LogP) is 3.23. The lowest BCUT2D eigenvalue weighted by Gasteiger charge is -2.58. The highest BCUT2D eigenvalue weighted by Gasteiger charge is 2.56. The fraction of sp³-hybridized carbons (Fsp3) is 0.579. The fourth-order valence-corrected chi connectivity index (χ4v) is 5.86. The van der Waals surface area contributed by atoms with Gasteiger partial charge in [0.15, 0.2) is 0 Å². The number of rotatable bonds is 4. The van der Waals surface area contributed by atoms with Crippen LogP contribution in [0.25, 0.3) is 0 Å². The molecule has 4 aliphatic rings. The van der Waals surface area contributed by atoms with Crippen molar-refractivity contribution in [2.45, 2.75) is 44.6 Å². The Morgan fingerprint density at radius 1 is 1.08 bits per heavy atom. The third-order valence-corrected chi connectivity index (χ3v) is 6.34. The molecule has 1 aromatic rings. The van der Waals surface area contributed by atoms with Crippen molar-refractivity contribution in [3.63, 3.8) is 0 Å². The van der Waals surface area contributed by atoms with Crippen molar-refractivity contribution < 1.29 is 19.1 Å². The molecule has 2 N–H and O–H groups in total. The second-order valence-electron chi connectivity index (χ2n) is 8.00. The van der Waals surface area contributed by atoms with Crippen molar-refractivity contribution >= 4 is 11.9 Å². The first-order valence-electron chi connectivity index (χ1n) is 8.75. The number of aliphatic carboxylic acids is 1. The molecule has 5 rings (SSSR count). The summed E-state index contributed by atoms with van der Waals surface area (Å²) in [4.78, 5) is 24.4. The van der Waals surface area contributed by atoms with Gasteiger partial charge in [-0.05, 0) is 68.4 Å². The van der Waals surface area contributed by atoms with E-state index in [0.29, 0.717) is 17.8 Å². The summed E-state index contributed by atoms with van der Waals surface area (Å²) >= 11 is 0. The molecule has 1 unspecified atom stereocenters. The van der Waals surface area contributed by atoms with Crippen LogP contribution in [0, 0.1) is 29.0 Å². The minimum atomic E-state index is -0.998. The number of nitrogens with one attached hydrogen (secondary N) is 1. The van der Waals surface area contributed by atoms with Crippen molar-refractivity contribution in [2.24, 2.45) is 23.2 Å². The van der Waals surface area contributed by atoms with E-state index in [1.807, 2.05) is 0 Å². The number of carboxylic acids is 1. The number of hydrogen-bond acceptors (Lipinski definition) is 2. The van der Waals surface area contributed by atoms with E-state index in [2.05, 4.69) is 5.32 Å². The quantitative estimate of drug-likeness (QED) is 0.890. The number of amides is 1. The molecule has 24 heavy (non-hydrogen) atoms. The Balaban J connectivity index is 1.60. The number of carbonyl (C=O) groups is 2. The van der Waals surface area contributed by atoms with Crippen LogP contribution in [0.3, 0.4) is 0 Å². The molecule has 0 saturated heterocycles. The van der Waals surface area contributed by atoms with Crippen molar-refractivity contribution in [1.29, 1.82) is 0 Å². The van der Waals surface area contributed by atoms with E-state index >= 15 is 0 Å². The minimum Gasteiger partial charge on any atom is -0.480 e. The van der Waals surface area contributed by atoms with Crippen LogP contribution in [-0.4, -0.2) is 23.0 Å². The topological polar surface area (TPSA) is 66.4 Å². The Morgan fingerprint density at radius 2 is 1.62 bits per heavy atom. The van der Waals surface area contributed by atoms with Gasteiger partial charge < -0.3 is 10.4 Å². The summed E-state index contributed by atoms with van der Waals surface area (Å²) in [6, 6.07) is 4.77. The van der Waals surface area contributed by atoms with E-state index < -0.39 is 23.7 Å². The van der Waals surface area contributed by atoms with Crippen LogP contribution in [0.1, 0.15) is 48.9 Å². The Morgan fingerprint density at radius 3 is 2.12 bits per heavy atom. The SMILES string of the molecule is O=C(NC(C(=O)O)C12CC3CC(CC(C3)C1)C2)c1ccccc1F. The van der Waals surface area contributed by atoms with E-state index in [4.69, 9.17) is 0 Å². The van der Waals surface area contributed by atoms with Crippen LogP contribution in [0.4, 0.5) is 4.39 Å². The lowest BCUT2D eigenvalue weighted by molar-refractivity contribution is -0.150. The second kappa shape index (κ2) is 5.57. The van der Waals surface area contributed by atoms with E-state index in [1.165, 1.54) is 37.5 Å². The molecule has 0 radical (unpaired) electrons. The largest absolute Gasteiger partial charge is 0.480 e. The normalized spacial score (nSPS) is 34.8. The van der Waals surface area contributed by atoms with Crippen molar-refractivity contribution in [2.75, 3.05) is 0 Å². The van der Waals surface area contributed by atoms with Crippen molar-refractivity contribution in [3.8, 4) is 0 Å². The molecule has 4 nitrogen and oxygen atoms in total. The molecule has 0 spiro atoms. The zero-order valence-corrected chi connectivity index (χ0v) is 13.5. The fourth-order valence-electron chi connectivity index (χ4n) is 5.86. The second-order valence-corrected chi connectivity index (χ2v) is 8.00. The molecule has 4 bridgehead atoms. The minimum absolute atomic E-state index is 0.0894. The smallest absolute Gasteiger partial charge is 0.326 e. The van der Waals surface area contributed by atoms with Gasteiger partial charge in [0.2, 0.25) is 0 Å². The summed E-state index contributed by atoms with van der Waals surface area (Å²) in [6.07, 6.45) is 6.21. The van der Waals surface area contributed by atoms with E-state index in [0.717, 1.165) is 19.3 Å². The highest BCUT2D eigenvalue weighted by atomic mass is 19.1. The van der Waals surface area contributed by atoms with E-state index in [1.54, 1.807) is 6.07 Å². The average molecular weight is 331 g/mol. The van der Waals surface area contributed by atoms with Gasteiger partial charge in [-0.15, -0.1) is 0 Å². The number of carboxylic acid groups (broad SMARTS) is 1. The molecule has 128 valence electrons. The molecule has 1 atom stereocenters. The molecule has 1 aromatic carbocycles. The Bertz CT molecular complexity index is 652. The molecule has 0 heterocycles. The lowest BCUT2D eigenvalue weighted by Crippen LogP contribution is -2.59. The lowest BCUT2D eigenvalue weighted by atomic mass is 9.47. The first-order valence-corrected chi connectivity index (χ1v) is 8.75. The predicted molar refractivity (Wildman–Crippen MR) is 85.9 cm³/mol. The summed E-state index contributed by atoms with van der Waals surface area (Å²) in [5.74, 6) is -0.488. The highest BCUT2D eigenvalue weighted by Crippen LogP contribution is 2.61. The van der Waals surface area contributed by atoms with Crippen molar-refractivity contribution in [3.05, 3.63) is 35.6 Å². The summed E-state index contributed by atoms with van der Waals surface area (Å²) in [5, 5.41) is 12.4. The zero-order chi connectivity index (χ0) is 16.9. The third-order valence-electron chi connectivity index (χ3n) is 6.34. The summed E-state index contributed by atoms with van der Waals surface area (Å²) in [6.45, 7) is 0. The Hall–Kier alpha value is -1.91. The van der Waals surface area contributed by atoms with Gasteiger partial charge in [-0.1, -0.05) is 12.1 Å². The summed E-state index contributed by atoms with van der Waals surface area (Å²) < 4.78 is 13.8. The number of carbonyl (C=O) groups excluding carboxylic acids is 1. The third kappa shape index (κ3) is 2.50. The van der Waals surface area contributed by atoms with Gasteiger partial charge in [0.1, 0.15) is 11.9 Å². The molecular formula is C19H22FNO3. The monoisotopic (exact) mass is 331 g/mol. The van der Waals surface area contributed by atoms with Gasteiger partial charge >= 0.3 is 5.97 Å². The van der Waals surface area contributed by atoms with Crippen LogP contribution >= 0.6 is 0 Å². The molecule has 0 aliphatic heterocycles. The van der Waals surface area contributed by atoms with Crippen LogP contribution in [-0.2, 0) is 4.79 Å². The maximum absolute atomic E-state index is 13.8. The van der Waals surface area contributed by atoms with E-state index in [9.17, 15) is 19.1 Å².